The molecule has 0 saturated heterocycles. The highest BCUT2D eigenvalue weighted by Gasteiger charge is 2.17. The Kier molecular flexibility index (Phi) is 4.07. The second-order valence-corrected chi connectivity index (χ2v) is 5.81. The highest BCUT2D eigenvalue weighted by molar-refractivity contribution is 6.08. The molecule has 6 heteroatoms. The van der Waals surface area contributed by atoms with Crippen LogP contribution < -0.4 is 10.1 Å². The number of amides is 1. The fourth-order valence-corrected chi connectivity index (χ4v) is 2.67. The third-order valence-corrected chi connectivity index (χ3v) is 4.02. The van der Waals surface area contributed by atoms with Gasteiger partial charge in [-0.3, -0.25) is 9.59 Å². The van der Waals surface area contributed by atoms with E-state index in [-0.39, 0.29) is 18.3 Å². The van der Waals surface area contributed by atoms with Crippen LogP contribution in [0.5, 0.6) is 5.75 Å². The molecule has 4 rings (SSSR count). The first-order valence-corrected chi connectivity index (χ1v) is 8.06. The molecule has 1 aliphatic heterocycles. The lowest BCUT2D eigenvalue weighted by Crippen LogP contribution is -2.25. The smallest absolute Gasteiger partial charge is 0.262 e. The molecule has 6 nitrogen and oxygen atoms in total. The molecule has 3 aromatic rings. The van der Waals surface area contributed by atoms with Crippen LogP contribution in [-0.4, -0.2) is 27.8 Å². The molecule has 0 unspecified atom stereocenters. The van der Waals surface area contributed by atoms with Gasteiger partial charge in [0.25, 0.3) is 5.91 Å². The van der Waals surface area contributed by atoms with E-state index < -0.39 is 0 Å². The maximum Gasteiger partial charge on any atom is 0.262 e. The highest BCUT2D eigenvalue weighted by atomic mass is 16.5. The minimum Gasteiger partial charge on any atom is -0.482 e. The van der Waals surface area contributed by atoms with Gasteiger partial charge in [-0.25, -0.2) is 4.98 Å². The molecule has 2 aromatic carbocycles. The van der Waals surface area contributed by atoms with Gasteiger partial charge in [-0.1, -0.05) is 18.2 Å². The number of hydrogen-bond acceptors (Lipinski definition) is 4. The van der Waals surface area contributed by atoms with Crippen molar-refractivity contribution in [2.75, 3.05) is 11.9 Å². The number of fused-ring (bicyclic) bond motifs is 1. The Morgan fingerprint density at radius 1 is 1.19 bits per heavy atom. The fourth-order valence-electron chi connectivity index (χ4n) is 2.67. The molecule has 26 heavy (non-hydrogen) atoms. The molecule has 0 spiro atoms. The SMILES string of the molecule is O=C1COc2ccc(C(=O)/C=C/c3ccc(-n4ccnc4)cc3)cc2N1. The summed E-state index contributed by atoms with van der Waals surface area (Å²) in [5, 5.41) is 2.70. The van der Waals surface area contributed by atoms with E-state index in [0.29, 0.717) is 17.0 Å². The van der Waals surface area contributed by atoms with E-state index in [4.69, 9.17) is 4.74 Å². The Morgan fingerprint density at radius 3 is 2.81 bits per heavy atom. The van der Waals surface area contributed by atoms with E-state index in [2.05, 4.69) is 10.3 Å². The van der Waals surface area contributed by atoms with Crippen LogP contribution in [0.4, 0.5) is 5.69 Å². The van der Waals surface area contributed by atoms with Crippen LogP contribution in [0.3, 0.4) is 0 Å². The highest BCUT2D eigenvalue weighted by Crippen LogP contribution is 2.28. The number of rotatable bonds is 4. The summed E-state index contributed by atoms with van der Waals surface area (Å²) < 4.78 is 7.20. The van der Waals surface area contributed by atoms with Crippen LogP contribution in [0.15, 0.2) is 67.3 Å². The molecule has 0 aliphatic carbocycles. The Bertz CT molecular complexity index is 990. The van der Waals surface area contributed by atoms with Crippen molar-refractivity contribution in [3.05, 3.63) is 78.4 Å². The zero-order chi connectivity index (χ0) is 17.9. The van der Waals surface area contributed by atoms with Gasteiger partial charge in [0.2, 0.25) is 0 Å². The van der Waals surface area contributed by atoms with Gasteiger partial charge in [-0.15, -0.1) is 0 Å². The Balaban J connectivity index is 1.49. The maximum atomic E-state index is 12.4. The molecule has 2 heterocycles. The molecular formula is C20H15N3O3. The fraction of sp³-hybridized carbons (Fsp3) is 0.0500. The Hall–Kier alpha value is -3.67. The van der Waals surface area contributed by atoms with E-state index in [0.717, 1.165) is 11.3 Å². The number of nitrogens with one attached hydrogen (secondary N) is 1. The number of ketones is 1. The number of carbonyl (C=O) groups is 2. The van der Waals surface area contributed by atoms with Crippen molar-refractivity contribution in [2.45, 2.75) is 0 Å². The van der Waals surface area contributed by atoms with Crippen LogP contribution >= 0.6 is 0 Å². The van der Waals surface area contributed by atoms with Gasteiger partial charge in [0.1, 0.15) is 5.75 Å². The summed E-state index contributed by atoms with van der Waals surface area (Å²) in [7, 11) is 0. The average Bonchev–Trinajstić information content (AvgIpc) is 3.20. The van der Waals surface area contributed by atoms with E-state index >= 15 is 0 Å². The minimum absolute atomic E-state index is 0.00470. The van der Waals surface area contributed by atoms with Crippen molar-refractivity contribution in [3.8, 4) is 11.4 Å². The second-order valence-electron chi connectivity index (χ2n) is 5.81. The first-order chi connectivity index (χ1) is 12.7. The standard InChI is InChI=1S/C20H15N3O3/c24-18(15-4-8-19-17(11-15)22-20(25)12-26-19)7-3-14-1-5-16(6-2-14)23-10-9-21-13-23/h1-11,13H,12H2,(H,22,25)/b7-3+. The summed E-state index contributed by atoms with van der Waals surface area (Å²) in [6.45, 7) is -0.00470. The lowest BCUT2D eigenvalue weighted by molar-refractivity contribution is -0.118. The predicted molar refractivity (Wildman–Crippen MR) is 97.5 cm³/mol. The summed E-state index contributed by atoms with van der Waals surface area (Å²) in [5.41, 5.74) is 2.92. The molecule has 0 radical (unpaired) electrons. The number of benzene rings is 2. The van der Waals surface area contributed by atoms with E-state index in [1.807, 2.05) is 35.0 Å². The predicted octanol–water partition coefficient (Wildman–Crippen LogP) is 3.10. The third kappa shape index (κ3) is 3.25. The van der Waals surface area contributed by atoms with Crippen molar-refractivity contribution < 1.29 is 14.3 Å². The van der Waals surface area contributed by atoms with E-state index in [1.165, 1.54) is 6.08 Å². The molecule has 0 atom stereocenters. The monoisotopic (exact) mass is 345 g/mol. The van der Waals surface area contributed by atoms with E-state index in [1.54, 1.807) is 36.8 Å². The van der Waals surface area contributed by atoms with Gasteiger partial charge in [0.05, 0.1) is 12.0 Å². The van der Waals surface area contributed by atoms with Gasteiger partial charge in [0.15, 0.2) is 12.4 Å². The summed E-state index contributed by atoms with van der Waals surface area (Å²) in [5.74, 6) is 0.196. The number of carbonyl (C=O) groups excluding carboxylic acids is 2. The number of allylic oxidation sites excluding steroid dienone is 1. The van der Waals surface area contributed by atoms with Crippen molar-refractivity contribution in [1.29, 1.82) is 0 Å². The average molecular weight is 345 g/mol. The second kappa shape index (κ2) is 6.68. The van der Waals surface area contributed by atoms with Gasteiger partial charge in [-0.2, -0.15) is 0 Å². The number of aromatic nitrogens is 2. The summed E-state index contributed by atoms with van der Waals surface area (Å²) in [4.78, 5) is 27.8. The van der Waals surface area contributed by atoms with Crippen molar-refractivity contribution >= 4 is 23.5 Å². The van der Waals surface area contributed by atoms with Crippen molar-refractivity contribution in [3.63, 3.8) is 0 Å². The van der Waals surface area contributed by atoms with Gasteiger partial charge in [0, 0.05) is 23.6 Å². The van der Waals surface area contributed by atoms with Gasteiger partial charge < -0.3 is 14.6 Å². The molecule has 0 bridgehead atoms. The largest absolute Gasteiger partial charge is 0.482 e. The van der Waals surface area contributed by atoms with Crippen LogP contribution in [-0.2, 0) is 4.79 Å². The number of nitrogens with zero attached hydrogens (tertiary/aromatic N) is 2. The van der Waals surface area contributed by atoms with Crippen LogP contribution in [0.2, 0.25) is 0 Å². The van der Waals surface area contributed by atoms with Crippen molar-refractivity contribution in [1.82, 2.24) is 9.55 Å². The quantitative estimate of drug-likeness (QED) is 0.582. The van der Waals surface area contributed by atoms with Crippen LogP contribution in [0, 0.1) is 0 Å². The number of ether oxygens (including phenoxy) is 1. The lowest BCUT2D eigenvalue weighted by atomic mass is 10.1. The number of hydrogen-bond donors (Lipinski definition) is 1. The third-order valence-electron chi connectivity index (χ3n) is 4.02. The molecular weight excluding hydrogens is 330 g/mol. The van der Waals surface area contributed by atoms with Crippen LogP contribution in [0.25, 0.3) is 11.8 Å². The zero-order valence-electron chi connectivity index (χ0n) is 13.8. The molecule has 1 aromatic heterocycles. The van der Waals surface area contributed by atoms with Gasteiger partial charge in [-0.05, 0) is 42.0 Å². The normalized spacial score (nSPS) is 13.2. The summed E-state index contributed by atoms with van der Waals surface area (Å²) >= 11 is 0. The molecule has 0 saturated carbocycles. The minimum atomic E-state index is -0.226. The maximum absolute atomic E-state index is 12.4. The summed E-state index contributed by atoms with van der Waals surface area (Å²) in [6, 6.07) is 12.8. The Labute approximate surface area is 149 Å². The number of imidazole rings is 1. The molecule has 1 N–H and O–H groups in total. The lowest BCUT2D eigenvalue weighted by Gasteiger charge is -2.17. The first kappa shape index (κ1) is 15.8. The molecule has 0 fully saturated rings. The molecule has 1 amide bonds. The van der Waals surface area contributed by atoms with Gasteiger partial charge >= 0.3 is 0 Å². The molecule has 1 aliphatic rings. The zero-order valence-corrected chi connectivity index (χ0v) is 13.8. The summed E-state index contributed by atoms with van der Waals surface area (Å²) in [6.07, 6.45) is 8.59. The number of anilines is 1. The van der Waals surface area contributed by atoms with E-state index in [9.17, 15) is 9.59 Å². The van der Waals surface area contributed by atoms with Crippen LogP contribution in [0.1, 0.15) is 15.9 Å². The topological polar surface area (TPSA) is 73.2 Å². The molecule has 128 valence electrons. The van der Waals surface area contributed by atoms with Crippen molar-refractivity contribution in [2.24, 2.45) is 0 Å². The Morgan fingerprint density at radius 2 is 2.04 bits per heavy atom. The first-order valence-electron chi connectivity index (χ1n) is 8.06.